The van der Waals surface area contributed by atoms with Crippen LogP contribution in [0.25, 0.3) is 26.4 Å². The minimum absolute atomic E-state index is 0.0586. The van der Waals surface area contributed by atoms with Crippen molar-refractivity contribution >= 4 is 32.3 Å². The predicted octanol–water partition coefficient (Wildman–Crippen LogP) is 7.41. The molecule has 2 aliphatic heterocycles. The number of fused-ring (bicyclic) bond motifs is 3. The van der Waals surface area contributed by atoms with E-state index in [2.05, 4.69) is 15.2 Å². The molecule has 1 N–H and O–H groups in total. The van der Waals surface area contributed by atoms with Gasteiger partial charge < -0.3 is 10.2 Å². The molecule has 1 unspecified atom stereocenters. The lowest BCUT2D eigenvalue weighted by molar-refractivity contribution is -0.185. The molecule has 2 fully saturated rings. The number of rotatable bonds is 8. The molecule has 6 rings (SSSR count). The Hall–Kier alpha value is -2.82. The normalized spacial score (nSPS) is 19.2. The van der Waals surface area contributed by atoms with Crippen LogP contribution in [0.3, 0.4) is 0 Å². The molecule has 212 valence electrons. The molecule has 2 aromatic heterocycles. The molecule has 2 aromatic carbocycles. The Morgan fingerprint density at radius 3 is 2.62 bits per heavy atom. The fraction of sp³-hybridized carbons (Fsp3) is 0.467. The summed E-state index contributed by atoms with van der Waals surface area (Å²) >= 11 is 1.47. The molecule has 0 aliphatic carbocycles. The highest BCUT2D eigenvalue weighted by Crippen LogP contribution is 2.35. The number of piperidine rings is 1. The molecule has 0 spiro atoms. The zero-order valence-corrected chi connectivity index (χ0v) is 23.0. The van der Waals surface area contributed by atoms with Crippen molar-refractivity contribution < 1.29 is 22.4 Å². The SMILES string of the molecule is O=C(CCCCN1CCC(C(F)(F)F)CC1)c1ccc2c(c1)sc1nc(-c3ccc(C4CCCN4)cc3F)cn12. The number of alkyl halides is 3. The van der Waals surface area contributed by atoms with E-state index in [1.807, 2.05) is 34.9 Å². The van der Waals surface area contributed by atoms with Crippen molar-refractivity contribution in [2.45, 2.75) is 57.2 Å². The monoisotopic (exact) mass is 572 g/mol. The second-order valence-corrected chi connectivity index (χ2v) is 12.0. The minimum atomic E-state index is -4.09. The van der Waals surface area contributed by atoms with Gasteiger partial charge in [-0.05, 0) is 101 Å². The molecule has 0 saturated carbocycles. The van der Waals surface area contributed by atoms with Crippen LogP contribution < -0.4 is 5.32 Å². The molecule has 4 heterocycles. The second kappa shape index (κ2) is 11.2. The molecule has 10 heteroatoms. The number of hydrogen-bond acceptors (Lipinski definition) is 5. The van der Waals surface area contributed by atoms with Crippen molar-refractivity contribution in [3.63, 3.8) is 0 Å². The van der Waals surface area contributed by atoms with Crippen molar-refractivity contribution in [2.75, 3.05) is 26.2 Å². The summed E-state index contributed by atoms with van der Waals surface area (Å²) < 4.78 is 56.4. The predicted molar refractivity (Wildman–Crippen MR) is 149 cm³/mol. The number of carbonyl (C=O) groups is 1. The number of hydrogen-bond donors (Lipinski definition) is 1. The van der Waals surface area contributed by atoms with Gasteiger partial charge in [0.2, 0.25) is 0 Å². The Morgan fingerprint density at radius 1 is 1.07 bits per heavy atom. The topological polar surface area (TPSA) is 49.6 Å². The number of halogens is 4. The highest BCUT2D eigenvalue weighted by atomic mass is 32.1. The number of benzene rings is 2. The third kappa shape index (κ3) is 5.66. The molecule has 0 bridgehead atoms. The zero-order valence-electron chi connectivity index (χ0n) is 22.1. The summed E-state index contributed by atoms with van der Waals surface area (Å²) in [5, 5.41) is 3.40. The Labute approximate surface area is 234 Å². The smallest absolute Gasteiger partial charge is 0.310 e. The van der Waals surface area contributed by atoms with E-state index in [0.29, 0.717) is 42.8 Å². The molecule has 40 heavy (non-hydrogen) atoms. The molecule has 2 aliphatic rings. The molecule has 1 atom stereocenters. The van der Waals surface area contributed by atoms with Gasteiger partial charge in [0.25, 0.3) is 0 Å². The first kappa shape index (κ1) is 27.4. The summed E-state index contributed by atoms with van der Waals surface area (Å²) in [5.74, 6) is -1.40. The van der Waals surface area contributed by atoms with Crippen molar-refractivity contribution in [1.29, 1.82) is 0 Å². The van der Waals surface area contributed by atoms with E-state index in [0.717, 1.165) is 53.1 Å². The van der Waals surface area contributed by atoms with E-state index in [4.69, 9.17) is 0 Å². The van der Waals surface area contributed by atoms with Crippen LogP contribution in [0, 0.1) is 11.7 Å². The van der Waals surface area contributed by atoms with Gasteiger partial charge in [0, 0.05) is 29.8 Å². The van der Waals surface area contributed by atoms with Crippen LogP contribution in [-0.2, 0) is 0 Å². The summed E-state index contributed by atoms with van der Waals surface area (Å²) in [6.45, 7) is 2.61. The standard InChI is InChI=1S/C30H32F4N4OS/c31-23-16-19(24-4-3-12-35-24)6-8-22(23)25-18-38-26-9-7-20(17-28(26)40-29(38)36-25)27(39)5-1-2-13-37-14-10-21(11-15-37)30(32,33)34/h6-9,16-18,21,24,35H,1-5,10-15H2. The number of ketones is 1. The van der Waals surface area contributed by atoms with Crippen molar-refractivity contribution in [1.82, 2.24) is 19.6 Å². The summed E-state index contributed by atoms with van der Waals surface area (Å²) in [4.78, 5) is 20.3. The van der Waals surface area contributed by atoms with Crippen LogP contribution in [-0.4, -0.2) is 52.4 Å². The average molecular weight is 573 g/mol. The molecule has 4 aromatic rings. The first-order chi connectivity index (χ1) is 19.3. The maximum Gasteiger partial charge on any atom is 0.391 e. The quantitative estimate of drug-likeness (QED) is 0.136. The number of imidazole rings is 1. The summed E-state index contributed by atoms with van der Waals surface area (Å²) in [7, 11) is 0. The molecular weight excluding hydrogens is 540 g/mol. The summed E-state index contributed by atoms with van der Waals surface area (Å²) in [5.41, 5.74) is 3.59. The number of carbonyl (C=O) groups excluding carboxylic acids is 1. The molecule has 0 radical (unpaired) electrons. The van der Waals surface area contributed by atoms with E-state index in [1.54, 1.807) is 12.1 Å². The van der Waals surface area contributed by atoms with E-state index in [9.17, 15) is 18.0 Å². The summed E-state index contributed by atoms with van der Waals surface area (Å²) in [6.07, 6.45) is 2.08. The number of unbranched alkanes of at least 4 members (excludes halogenated alkanes) is 1. The summed E-state index contributed by atoms with van der Waals surface area (Å²) in [6, 6.07) is 11.2. The number of nitrogens with zero attached hydrogens (tertiary/aromatic N) is 3. The lowest BCUT2D eigenvalue weighted by atomic mass is 9.96. The highest BCUT2D eigenvalue weighted by Gasteiger charge is 2.40. The Balaban J connectivity index is 1.06. The third-order valence-electron chi connectivity index (χ3n) is 8.33. The van der Waals surface area contributed by atoms with Crippen molar-refractivity contribution in [3.8, 4) is 11.3 Å². The fourth-order valence-corrected chi connectivity index (χ4v) is 7.03. The number of Topliss-reactive ketones (excluding diaryl/α,β-unsaturated/α-hetero) is 1. The number of nitrogens with one attached hydrogen (secondary N) is 1. The minimum Gasteiger partial charge on any atom is -0.310 e. The van der Waals surface area contributed by atoms with Gasteiger partial charge in [-0.2, -0.15) is 13.2 Å². The first-order valence-corrected chi connectivity index (χ1v) is 14.8. The first-order valence-electron chi connectivity index (χ1n) is 14.0. The maximum atomic E-state index is 15.0. The van der Waals surface area contributed by atoms with Gasteiger partial charge in [-0.3, -0.25) is 9.20 Å². The molecule has 5 nitrogen and oxygen atoms in total. The number of aromatic nitrogens is 2. The Kier molecular flexibility index (Phi) is 7.67. The molecular formula is C30H32F4N4OS. The molecule has 2 saturated heterocycles. The largest absolute Gasteiger partial charge is 0.391 e. The van der Waals surface area contributed by atoms with Gasteiger partial charge in [0.05, 0.1) is 21.8 Å². The van der Waals surface area contributed by atoms with E-state index in [-0.39, 0.29) is 30.5 Å². The van der Waals surface area contributed by atoms with Crippen LogP contribution in [0.2, 0.25) is 0 Å². The van der Waals surface area contributed by atoms with Gasteiger partial charge in [-0.1, -0.05) is 17.4 Å². The fourth-order valence-electron chi connectivity index (χ4n) is 5.98. The van der Waals surface area contributed by atoms with Crippen LogP contribution in [0.4, 0.5) is 17.6 Å². The lowest BCUT2D eigenvalue weighted by Gasteiger charge is -2.32. The van der Waals surface area contributed by atoms with Crippen LogP contribution >= 0.6 is 11.3 Å². The van der Waals surface area contributed by atoms with Crippen molar-refractivity contribution in [3.05, 3.63) is 59.5 Å². The van der Waals surface area contributed by atoms with E-state index in [1.165, 1.54) is 11.3 Å². The Morgan fingerprint density at radius 2 is 1.90 bits per heavy atom. The number of thiazole rings is 1. The van der Waals surface area contributed by atoms with Crippen LogP contribution in [0.1, 0.15) is 66.9 Å². The van der Waals surface area contributed by atoms with Crippen molar-refractivity contribution in [2.24, 2.45) is 5.92 Å². The maximum absolute atomic E-state index is 15.0. The van der Waals surface area contributed by atoms with Gasteiger partial charge in [0.15, 0.2) is 10.7 Å². The lowest BCUT2D eigenvalue weighted by Crippen LogP contribution is -2.39. The third-order valence-corrected chi connectivity index (χ3v) is 9.34. The second-order valence-electron chi connectivity index (χ2n) is 11.0. The van der Waals surface area contributed by atoms with Gasteiger partial charge in [-0.15, -0.1) is 0 Å². The van der Waals surface area contributed by atoms with E-state index < -0.39 is 12.1 Å². The van der Waals surface area contributed by atoms with Crippen LogP contribution in [0.15, 0.2) is 42.6 Å². The van der Waals surface area contributed by atoms with Gasteiger partial charge >= 0.3 is 6.18 Å². The van der Waals surface area contributed by atoms with Crippen LogP contribution in [0.5, 0.6) is 0 Å². The zero-order chi connectivity index (χ0) is 27.9. The molecule has 0 amide bonds. The van der Waals surface area contributed by atoms with Gasteiger partial charge in [-0.25, -0.2) is 9.37 Å². The van der Waals surface area contributed by atoms with Gasteiger partial charge in [0.1, 0.15) is 5.82 Å². The van der Waals surface area contributed by atoms with E-state index >= 15 is 4.39 Å². The Bertz CT molecular complexity index is 1510. The average Bonchev–Trinajstić information content (AvgIpc) is 3.67. The highest BCUT2D eigenvalue weighted by molar-refractivity contribution is 7.23. The number of likely N-dealkylation sites (tertiary alicyclic amines) is 1.